The van der Waals surface area contributed by atoms with E-state index in [4.69, 9.17) is 4.74 Å². The molecule has 2 atom stereocenters. The fourth-order valence-electron chi connectivity index (χ4n) is 4.36. The molecule has 2 unspecified atom stereocenters. The van der Waals surface area contributed by atoms with Gasteiger partial charge in [-0.15, -0.1) is 5.10 Å². The number of halogens is 3. The number of ether oxygens (including phenoxy) is 1. The van der Waals surface area contributed by atoms with Gasteiger partial charge in [-0.2, -0.15) is 8.78 Å². The first-order valence-electron chi connectivity index (χ1n) is 11.1. The molecule has 2 N–H and O–H groups in total. The maximum atomic E-state index is 15.1. The standard InChI is InChI=1S/C20H22F3N9O4/c21-13-7-12(31-10-20(36-19(31)35)8-15(20)26-18(34)17(22)23)1-2-14(13)29-4-3-25-32(6-5-29)16(33)9-30-11-24-27-28-30/h1-2,7,11,15,17,25H,3-6,8-10H2,(H,26,34). The number of benzene rings is 1. The number of alkyl halides is 2. The lowest BCUT2D eigenvalue weighted by Crippen LogP contribution is -2.45. The van der Waals surface area contributed by atoms with Crippen molar-refractivity contribution in [1.82, 2.24) is 36.0 Å². The van der Waals surface area contributed by atoms with E-state index in [2.05, 4.69) is 26.3 Å². The molecule has 3 amide bonds. The first kappa shape index (κ1) is 23.8. The third-order valence-electron chi connectivity index (χ3n) is 6.33. The minimum Gasteiger partial charge on any atom is -0.438 e. The van der Waals surface area contributed by atoms with E-state index in [1.54, 1.807) is 11.0 Å². The molecular formula is C20H22F3N9O4. The fraction of sp³-hybridized carbons (Fsp3) is 0.500. The number of carbonyl (C=O) groups excluding carboxylic acids is 3. The van der Waals surface area contributed by atoms with E-state index in [0.717, 1.165) is 0 Å². The van der Waals surface area contributed by atoms with Crippen molar-refractivity contribution in [2.75, 3.05) is 42.5 Å². The molecule has 2 saturated heterocycles. The smallest absolute Gasteiger partial charge is 0.415 e. The highest BCUT2D eigenvalue weighted by Crippen LogP contribution is 2.46. The number of hydrogen-bond acceptors (Lipinski definition) is 9. The number of rotatable bonds is 6. The van der Waals surface area contributed by atoms with Gasteiger partial charge in [-0.1, -0.05) is 0 Å². The van der Waals surface area contributed by atoms with Gasteiger partial charge in [0.1, 0.15) is 18.7 Å². The first-order chi connectivity index (χ1) is 17.3. The van der Waals surface area contributed by atoms with E-state index in [-0.39, 0.29) is 37.6 Å². The van der Waals surface area contributed by atoms with E-state index in [9.17, 15) is 23.2 Å². The van der Waals surface area contributed by atoms with Crippen molar-refractivity contribution >= 4 is 29.3 Å². The molecule has 1 aromatic heterocycles. The SMILES string of the molecule is O=C(NC1CC12CN(c1ccc(N3CCNN(C(=O)Cn4cnnn4)CC3)c(F)c1)C(=O)O2)C(F)F. The van der Waals surface area contributed by atoms with Gasteiger partial charge in [-0.05, 0) is 28.6 Å². The molecule has 1 aliphatic carbocycles. The summed E-state index contributed by atoms with van der Waals surface area (Å²) in [6, 6.07) is 3.58. The third-order valence-corrected chi connectivity index (χ3v) is 6.33. The van der Waals surface area contributed by atoms with Crippen LogP contribution < -0.4 is 20.5 Å². The number of nitrogens with one attached hydrogen (secondary N) is 2. The number of hydrogen-bond donors (Lipinski definition) is 2. The van der Waals surface area contributed by atoms with Crippen molar-refractivity contribution in [3.63, 3.8) is 0 Å². The summed E-state index contributed by atoms with van der Waals surface area (Å²) in [6.07, 6.45) is -2.37. The van der Waals surface area contributed by atoms with Crippen molar-refractivity contribution in [2.45, 2.75) is 31.0 Å². The number of anilines is 2. The van der Waals surface area contributed by atoms with Gasteiger partial charge < -0.3 is 15.0 Å². The van der Waals surface area contributed by atoms with E-state index in [1.165, 1.54) is 33.1 Å². The molecule has 36 heavy (non-hydrogen) atoms. The van der Waals surface area contributed by atoms with E-state index < -0.39 is 35.9 Å². The van der Waals surface area contributed by atoms with Crippen LogP contribution in [0.15, 0.2) is 24.5 Å². The highest BCUT2D eigenvalue weighted by Gasteiger charge is 2.64. The molecule has 192 valence electrons. The average molecular weight is 509 g/mol. The van der Waals surface area contributed by atoms with Crippen molar-refractivity contribution in [1.29, 1.82) is 0 Å². The Bertz CT molecular complexity index is 1170. The Balaban J connectivity index is 1.21. The molecular weight excluding hydrogens is 487 g/mol. The summed E-state index contributed by atoms with van der Waals surface area (Å²) in [6.45, 7) is 1.41. The fourth-order valence-corrected chi connectivity index (χ4v) is 4.36. The zero-order valence-corrected chi connectivity index (χ0v) is 18.8. The van der Waals surface area contributed by atoms with Crippen LogP contribution in [0.2, 0.25) is 0 Å². The molecule has 1 saturated carbocycles. The summed E-state index contributed by atoms with van der Waals surface area (Å²) in [7, 11) is 0. The van der Waals surface area contributed by atoms with Crippen LogP contribution in [0.5, 0.6) is 0 Å². The minimum absolute atomic E-state index is 0.00476. The second-order valence-corrected chi connectivity index (χ2v) is 8.67. The van der Waals surface area contributed by atoms with Gasteiger partial charge in [-0.25, -0.2) is 19.3 Å². The average Bonchev–Trinajstić information content (AvgIpc) is 3.12. The molecule has 13 nitrogen and oxygen atoms in total. The van der Waals surface area contributed by atoms with Gasteiger partial charge >= 0.3 is 12.5 Å². The Morgan fingerprint density at radius 2 is 2.11 bits per heavy atom. The molecule has 2 aromatic rings. The summed E-state index contributed by atoms with van der Waals surface area (Å²) >= 11 is 0. The van der Waals surface area contributed by atoms with Crippen LogP contribution in [0.3, 0.4) is 0 Å². The Hall–Kier alpha value is -3.95. The zero-order chi connectivity index (χ0) is 25.4. The number of amides is 3. The molecule has 3 aliphatic rings. The second-order valence-electron chi connectivity index (χ2n) is 8.67. The summed E-state index contributed by atoms with van der Waals surface area (Å²) < 4.78 is 46.7. The zero-order valence-electron chi connectivity index (χ0n) is 18.8. The third kappa shape index (κ3) is 4.62. The van der Waals surface area contributed by atoms with Crippen molar-refractivity contribution in [3.05, 3.63) is 30.3 Å². The van der Waals surface area contributed by atoms with Crippen molar-refractivity contribution < 1.29 is 32.3 Å². The molecule has 3 fully saturated rings. The predicted molar refractivity (Wildman–Crippen MR) is 115 cm³/mol. The number of nitrogens with zero attached hydrogens (tertiary/aromatic N) is 7. The van der Waals surface area contributed by atoms with Gasteiger partial charge in [0.15, 0.2) is 5.60 Å². The Kier molecular flexibility index (Phi) is 6.11. The molecule has 1 aromatic carbocycles. The number of tetrazole rings is 1. The number of hydrazine groups is 1. The summed E-state index contributed by atoms with van der Waals surface area (Å²) in [5.41, 5.74) is 2.46. The van der Waals surface area contributed by atoms with Gasteiger partial charge in [0.2, 0.25) is 0 Å². The maximum Gasteiger partial charge on any atom is 0.415 e. The molecule has 16 heteroatoms. The van der Waals surface area contributed by atoms with Crippen molar-refractivity contribution in [3.8, 4) is 0 Å². The molecule has 3 heterocycles. The van der Waals surface area contributed by atoms with E-state index in [1.807, 2.05) is 0 Å². The monoisotopic (exact) mass is 509 g/mol. The molecule has 1 spiro atoms. The lowest BCUT2D eigenvalue weighted by Gasteiger charge is -2.24. The van der Waals surface area contributed by atoms with Crippen LogP contribution in [0.1, 0.15) is 6.42 Å². The van der Waals surface area contributed by atoms with Crippen LogP contribution in [0.25, 0.3) is 0 Å². The summed E-state index contributed by atoms with van der Waals surface area (Å²) in [5.74, 6) is -2.25. The second kappa shape index (κ2) is 9.25. The van der Waals surface area contributed by atoms with Gasteiger partial charge in [0, 0.05) is 26.1 Å². The topological polar surface area (TPSA) is 138 Å². The number of carbonyl (C=O) groups is 3. The van der Waals surface area contributed by atoms with Crippen LogP contribution >= 0.6 is 0 Å². The first-order valence-corrected chi connectivity index (χ1v) is 11.1. The summed E-state index contributed by atoms with van der Waals surface area (Å²) in [4.78, 5) is 39.1. The van der Waals surface area contributed by atoms with Crippen LogP contribution in [-0.2, 0) is 20.9 Å². The minimum atomic E-state index is -3.16. The Morgan fingerprint density at radius 1 is 1.28 bits per heavy atom. The van der Waals surface area contributed by atoms with Gasteiger partial charge in [0.25, 0.3) is 11.8 Å². The van der Waals surface area contributed by atoms with Crippen LogP contribution in [0.4, 0.5) is 29.3 Å². The Labute approximate surface area is 202 Å². The van der Waals surface area contributed by atoms with Gasteiger partial charge in [0.05, 0.1) is 30.5 Å². The predicted octanol–water partition coefficient (Wildman–Crippen LogP) is -0.485. The quantitative estimate of drug-likeness (QED) is 0.529. The van der Waals surface area contributed by atoms with Crippen LogP contribution in [-0.4, -0.2) is 93.9 Å². The van der Waals surface area contributed by atoms with E-state index >= 15 is 4.39 Å². The molecule has 2 aliphatic heterocycles. The molecule has 5 rings (SSSR count). The van der Waals surface area contributed by atoms with Gasteiger partial charge in [-0.3, -0.25) is 19.5 Å². The van der Waals surface area contributed by atoms with Crippen LogP contribution in [0, 0.1) is 5.82 Å². The molecule has 0 bridgehead atoms. The normalized spacial score (nSPS) is 23.7. The number of aromatic nitrogens is 4. The Morgan fingerprint density at radius 3 is 2.83 bits per heavy atom. The van der Waals surface area contributed by atoms with Crippen molar-refractivity contribution in [2.24, 2.45) is 0 Å². The lowest BCUT2D eigenvalue weighted by atomic mass is 10.2. The highest BCUT2D eigenvalue weighted by molar-refractivity contribution is 5.91. The maximum absolute atomic E-state index is 15.1. The lowest BCUT2D eigenvalue weighted by molar-refractivity contribution is -0.135. The largest absolute Gasteiger partial charge is 0.438 e. The summed E-state index contributed by atoms with van der Waals surface area (Å²) in [5, 5.41) is 14.2. The van der Waals surface area contributed by atoms with E-state index in [0.29, 0.717) is 25.3 Å². The highest BCUT2D eigenvalue weighted by atomic mass is 19.3. The molecule has 0 radical (unpaired) electrons.